The van der Waals surface area contributed by atoms with E-state index < -0.39 is 11.6 Å². The maximum atomic E-state index is 11.7. The van der Waals surface area contributed by atoms with Crippen molar-refractivity contribution >= 4 is 5.97 Å². The monoisotopic (exact) mass is 281 g/mol. The van der Waals surface area contributed by atoms with Crippen molar-refractivity contribution in [2.24, 2.45) is 0 Å². The Morgan fingerprint density at radius 3 is 2.60 bits per heavy atom. The molecule has 0 saturated heterocycles. The molecule has 0 spiro atoms. The highest BCUT2D eigenvalue weighted by Crippen LogP contribution is 2.30. The van der Waals surface area contributed by atoms with Crippen LogP contribution in [0.25, 0.3) is 0 Å². The molecular weight excluding hydrogens is 258 g/mol. The zero-order valence-electron chi connectivity index (χ0n) is 12.4. The molecule has 0 amide bonds. The van der Waals surface area contributed by atoms with Crippen LogP contribution >= 0.6 is 0 Å². The number of ether oxygens (including phenoxy) is 1. The average Bonchev–Trinajstić information content (AvgIpc) is 2.81. The number of nitrogens with zero attached hydrogens (tertiary/aromatic N) is 3. The number of esters is 1. The smallest absolute Gasteiger partial charge is 0.360 e. The minimum atomic E-state index is -0.733. The van der Waals surface area contributed by atoms with E-state index in [1.54, 1.807) is 4.68 Å². The molecule has 1 aliphatic rings. The highest BCUT2D eigenvalue weighted by Gasteiger charge is 2.32. The average molecular weight is 281 g/mol. The van der Waals surface area contributed by atoms with Gasteiger partial charge in [0, 0.05) is 0 Å². The van der Waals surface area contributed by atoms with E-state index in [0.29, 0.717) is 6.54 Å². The molecule has 1 aromatic heterocycles. The maximum Gasteiger partial charge on any atom is 0.360 e. The molecule has 1 saturated carbocycles. The lowest BCUT2D eigenvalue weighted by Crippen LogP contribution is -2.37. The fourth-order valence-corrected chi connectivity index (χ4v) is 2.90. The van der Waals surface area contributed by atoms with E-state index in [9.17, 15) is 9.90 Å². The van der Waals surface area contributed by atoms with E-state index in [1.807, 2.05) is 13.8 Å². The molecule has 0 atom stereocenters. The number of aliphatic hydroxyl groups is 1. The number of carbonyl (C=O) groups excluding carboxylic acids is 1. The zero-order valence-corrected chi connectivity index (χ0v) is 12.4. The number of hydrogen-bond acceptors (Lipinski definition) is 5. The van der Waals surface area contributed by atoms with Gasteiger partial charge in [-0.1, -0.05) is 38.3 Å². The summed E-state index contributed by atoms with van der Waals surface area (Å²) >= 11 is 0. The van der Waals surface area contributed by atoms with Crippen LogP contribution in [0.5, 0.6) is 0 Å². The van der Waals surface area contributed by atoms with Crippen LogP contribution in [0.15, 0.2) is 0 Å². The van der Waals surface area contributed by atoms with E-state index in [1.165, 1.54) is 13.5 Å². The van der Waals surface area contributed by atoms with Crippen molar-refractivity contribution in [1.29, 1.82) is 0 Å². The highest BCUT2D eigenvalue weighted by atomic mass is 16.5. The van der Waals surface area contributed by atoms with Crippen LogP contribution in [-0.2, 0) is 11.3 Å². The SMILES string of the molecule is COC(=O)c1nnn(CC2(O)CCCCC2)c1C(C)C. The van der Waals surface area contributed by atoms with Crippen molar-refractivity contribution in [2.45, 2.75) is 64.0 Å². The summed E-state index contributed by atoms with van der Waals surface area (Å²) in [6.45, 7) is 4.35. The second kappa shape index (κ2) is 5.91. The summed E-state index contributed by atoms with van der Waals surface area (Å²) in [5, 5.41) is 18.6. The van der Waals surface area contributed by atoms with Crippen molar-refractivity contribution in [3.8, 4) is 0 Å². The van der Waals surface area contributed by atoms with Crippen LogP contribution < -0.4 is 0 Å². The molecule has 0 aromatic carbocycles. The number of aromatic nitrogens is 3. The Morgan fingerprint density at radius 1 is 1.40 bits per heavy atom. The van der Waals surface area contributed by atoms with Crippen LogP contribution in [0, 0.1) is 0 Å². The summed E-state index contributed by atoms with van der Waals surface area (Å²) in [5.74, 6) is -0.387. The van der Waals surface area contributed by atoms with Gasteiger partial charge in [0.25, 0.3) is 0 Å². The summed E-state index contributed by atoms with van der Waals surface area (Å²) in [5.41, 5.74) is 0.251. The number of methoxy groups -OCH3 is 1. The molecule has 112 valence electrons. The molecule has 0 bridgehead atoms. The lowest BCUT2D eigenvalue weighted by atomic mass is 9.85. The lowest BCUT2D eigenvalue weighted by Gasteiger charge is -2.32. The molecule has 20 heavy (non-hydrogen) atoms. The Labute approximate surface area is 119 Å². The Bertz CT molecular complexity index is 476. The van der Waals surface area contributed by atoms with Gasteiger partial charge in [-0.15, -0.1) is 5.10 Å². The van der Waals surface area contributed by atoms with Crippen LogP contribution in [0.2, 0.25) is 0 Å². The largest absolute Gasteiger partial charge is 0.464 e. The van der Waals surface area contributed by atoms with Gasteiger partial charge in [0.2, 0.25) is 0 Å². The van der Waals surface area contributed by atoms with Gasteiger partial charge in [-0.25, -0.2) is 9.48 Å². The van der Waals surface area contributed by atoms with Gasteiger partial charge in [-0.2, -0.15) is 0 Å². The van der Waals surface area contributed by atoms with Gasteiger partial charge >= 0.3 is 5.97 Å². The van der Waals surface area contributed by atoms with E-state index >= 15 is 0 Å². The fraction of sp³-hybridized carbons (Fsp3) is 0.786. The van der Waals surface area contributed by atoms with Crippen LogP contribution in [0.4, 0.5) is 0 Å². The summed E-state index contributed by atoms with van der Waals surface area (Å²) in [7, 11) is 1.33. The molecule has 1 aliphatic carbocycles. The standard InChI is InChI=1S/C14H23N3O3/c1-10(2)12-11(13(18)20-3)15-16-17(12)9-14(19)7-5-4-6-8-14/h10,19H,4-9H2,1-3H3. The molecular formula is C14H23N3O3. The molecule has 0 radical (unpaired) electrons. The molecule has 1 aromatic rings. The topological polar surface area (TPSA) is 77.2 Å². The van der Waals surface area contributed by atoms with Crippen molar-refractivity contribution in [2.75, 3.05) is 7.11 Å². The second-order valence-corrected chi connectivity index (χ2v) is 5.91. The summed E-state index contributed by atoms with van der Waals surface area (Å²) in [6, 6.07) is 0. The van der Waals surface area contributed by atoms with Gasteiger partial charge < -0.3 is 9.84 Å². The van der Waals surface area contributed by atoms with Crippen LogP contribution in [0.3, 0.4) is 0 Å². The van der Waals surface area contributed by atoms with E-state index in [4.69, 9.17) is 4.74 Å². The third kappa shape index (κ3) is 3.00. The first-order valence-corrected chi connectivity index (χ1v) is 7.21. The zero-order chi connectivity index (χ0) is 14.8. The van der Waals surface area contributed by atoms with Gasteiger partial charge in [-0.05, 0) is 18.8 Å². The van der Waals surface area contributed by atoms with Gasteiger partial charge in [0.15, 0.2) is 5.69 Å². The minimum Gasteiger partial charge on any atom is -0.464 e. The fourth-order valence-electron chi connectivity index (χ4n) is 2.90. The number of rotatable bonds is 4. The quantitative estimate of drug-likeness (QED) is 0.853. The molecule has 1 fully saturated rings. The van der Waals surface area contributed by atoms with Gasteiger partial charge in [-0.3, -0.25) is 0 Å². The van der Waals surface area contributed by atoms with Crippen molar-refractivity contribution in [3.63, 3.8) is 0 Å². The first-order chi connectivity index (χ1) is 9.47. The van der Waals surface area contributed by atoms with Crippen LogP contribution in [0.1, 0.15) is 68.1 Å². The Hall–Kier alpha value is -1.43. The van der Waals surface area contributed by atoms with E-state index in [-0.39, 0.29) is 11.6 Å². The second-order valence-electron chi connectivity index (χ2n) is 5.91. The Morgan fingerprint density at radius 2 is 2.05 bits per heavy atom. The predicted molar refractivity (Wildman–Crippen MR) is 73.5 cm³/mol. The highest BCUT2D eigenvalue weighted by molar-refractivity contribution is 5.88. The van der Waals surface area contributed by atoms with E-state index in [0.717, 1.165) is 31.4 Å². The predicted octanol–water partition coefficient (Wildman–Crippen LogP) is 1.88. The third-order valence-corrected chi connectivity index (χ3v) is 3.93. The van der Waals surface area contributed by atoms with E-state index in [2.05, 4.69) is 10.3 Å². The maximum absolute atomic E-state index is 11.7. The summed E-state index contributed by atoms with van der Waals surface area (Å²) in [4.78, 5) is 11.7. The molecule has 0 unspecified atom stereocenters. The first-order valence-electron chi connectivity index (χ1n) is 7.21. The van der Waals surface area contributed by atoms with Crippen molar-refractivity contribution in [1.82, 2.24) is 15.0 Å². The molecule has 1 heterocycles. The molecule has 2 rings (SSSR count). The molecule has 6 nitrogen and oxygen atoms in total. The normalized spacial score (nSPS) is 18.2. The van der Waals surface area contributed by atoms with Gasteiger partial charge in [0.05, 0.1) is 24.9 Å². The van der Waals surface area contributed by atoms with Gasteiger partial charge in [0.1, 0.15) is 0 Å². The first kappa shape index (κ1) is 15.0. The lowest BCUT2D eigenvalue weighted by molar-refractivity contribution is -0.0155. The van der Waals surface area contributed by atoms with Crippen molar-refractivity contribution in [3.05, 3.63) is 11.4 Å². The summed E-state index contributed by atoms with van der Waals surface area (Å²) < 4.78 is 6.41. The molecule has 6 heteroatoms. The number of carbonyl (C=O) groups is 1. The minimum absolute atomic E-state index is 0.0892. The Balaban J connectivity index is 2.27. The molecule has 0 aliphatic heterocycles. The summed E-state index contributed by atoms with van der Waals surface area (Å²) in [6.07, 6.45) is 4.79. The number of hydrogen-bond donors (Lipinski definition) is 1. The molecule has 1 N–H and O–H groups in total. The van der Waals surface area contributed by atoms with Crippen molar-refractivity contribution < 1.29 is 14.6 Å². The third-order valence-electron chi connectivity index (χ3n) is 3.93. The Kier molecular flexibility index (Phi) is 4.42. The van der Waals surface area contributed by atoms with Crippen LogP contribution in [-0.4, -0.2) is 38.8 Å².